The molecule has 3 N–H and O–H groups in total. The van der Waals surface area contributed by atoms with E-state index in [0.717, 1.165) is 12.1 Å². The van der Waals surface area contributed by atoms with Crippen molar-refractivity contribution in [2.45, 2.75) is 6.42 Å². The van der Waals surface area contributed by atoms with Crippen LogP contribution in [0.3, 0.4) is 0 Å². The quantitative estimate of drug-likeness (QED) is 0.575. The number of hydrogen-bond donors (Lipinski definition) is 3. The molecular weight excluding hydrogens is 303 g/mol. The van der Waals surface area contributed by atoms with Gasteiger partial charge in [0.05, 0.1) is 11.8 Å². The van der Waals surface area contributed by atoms with Gasteiger partial charge in [-0.2, -0.15) is 0 Å². The van der Waals surface area contributed by atoms with E-state index in [1.54, 1.807) is 0 Å². The molecule has 0 aliphatic heterocycles. The Hall–Kier alpha value is -2.70. The first kappa shape index (κ1) is 15.2. The van der Waals surface area contributed by atoms with Gasteiger partial charge in [-0.05, 0) is 42.5 Å². The standard InChI is InChI=1S/C16H15FN2O4/c17-11-5-3-8(4-6-11)14(20)18-19-15(21)12-9-1-2-10(7-9)13(12)16(22)23/h1-6,9-10,12-13H,7H2,(H,18,20)(H,19,21)(H,22,23)/t9-,10-,12+,13+/m0/s1. The van der Waals surface area contributed by atoms with Crippen molar-refractivity contribution < 1.29 is 23.9 Å². The number of amides is 2. The van der Waals surface area contributed by atoms with E-state index >= 15 is 0 Å². The van der Waals surface area contributed by atoms with Crippen LogP contribution >= 0.6 is 0 Å². The Morgan fingerprint density at radius 3 is 2.22 bits per heavy atom. The minimum absolute atomic E-state index is 0.121. The number of carbonyl (C=O) groups excluding carboxylic acids is 2. The van der Waals surface area contributed by atoms with E-state index in [1.807, 2.05) is 12.2 Å². The van der Waals surface area contributed by atoms with Gasteiger partial charge in [0.25, 0.3) is 5.91 Å². The largest absolute Gasteiger partial charge is 0.481 e. The highest BCUT2D eigenvalue weighted by atomic mass is 19.1. The molecule has 0 saturated heterocycles. The van der Waals surface area contributed by atoms with Crippen molar-refractivity contribution in [2.24, 2.45) is 23.7 Å². The van der Waals surface area contributed by atoms with E-state index in [0.29, 0.717) is 6.42 Å². The number of carboxylic acid groups (broad SMARTS) is 1. The van der Waals surface area contributed by atoms with Crippen LogP contribution < -0.4 is 10.9 Å². The fourth-order valence-electron chi connectivity index (χ4n) is 3.39. The third-order valence-corrected chi connectivity index (χ3v) is 4.45. The summed E-state index contributed by atoms with van der Waals surface area (Å²) < 4.78 is 12.8. The van der Waals surface area contributed by atoms with Crippen LogP contribution in [-0.4, -0.2) is 22.9 Å². The Kier molecular flexibility index (Phi) is 3.85. The van der Waals surface area contributed by atoms with Gasteiger partial charge in [-0.3, -0.25) is 25.2 Å². The maximum absolute atomic E-state index is 12.8. The zero-order chi connectivity index (χ0) is 16.6. The van der Waals surface area contributed by atoms with Crippen molar-refractivity contribution in [1.82, 2.24) is 10.9 Å². The zero-order valence-corrected chi connectivity index (χ0v) is 12.0. The van der Waals surface area contributed by atoms with E-state index in [4.69, 9.17) is 0 Å². The van der Waals surface area contributed by atoms with Crippen LogP contribution in [-0.2, 0) is 9.59 Å². The summed E-state index contributed by atoms with van der Waals surface area (Å²) in [7, 11) is 0. The Morgan fingerprint density at radius 1 is 1.00 bits per heavy atom. The van der Waals surface area contributed by atoms with Crippen molar-refractivity contribution in [2.75, 3.05) is 0 Å². The minimum atomic E-state index is -1.01. The van der Waals surface area contributed by atoms with Gasteiger partial charge in [0, 0.05) is 5.56 Å². The summed E-state index contributed by atoms with van der Waals surface area (Å²) in [5.74, 6) is -4.32. The molecule has 0 aromatic heterocycles. The molecule has 0 radical (unpaired) electrons. The van der Waals surface area contributed by atoms with Crippen molar-refractivity contribution >= 4 is 17.8 Å². The molecule has 2 bridgehead atoms. The smallest absolute Gasteiger partial charge is 0.307 e. The molecule has 0 spiro atoms. The van der Waals surface area contributed by atoms with E-state index < -0.39 is 35.4 Å². The zero-order valence-electron chi connectivity index (χ0n) is 12.0. The number of hydrazine groups is 1. The van der Waals surface area contributed by atoms with Gasteiger partial charge in [-0.15, -0.1) is 0 Å². The highest BCUT2D eigenvalue weighted by Gasteiger charge is 2.51. The first-order chi connectivity index (χ1) is 11.0. The molecule has 1 fully saturated rings. The van der Waals surface area contributed by atoms with E-state index in [2.05, 4.69) is 10.9 Å². The third-order valence-electron chi connectivity index (χ3n) is 4.45. The molecule has 3 rings (SSSR count). The molecule has 0 heterocycles. The van der Waals surface area contributed by atoms with Crippen molar-refractivity contribution in [3.8, 4) is 0 Å². The summed E-state index contributed by atoms with van der Waals surface area (Å²) in [6.07, 6.45) is 4.33. The van der Waals surface area contributed by atoms with Crippen LogP contribution in [0.25, 0.3) is 0 Å². The number of aliphatic carboxylic acids is 1. The van der Waals surface area contributed by atoms with Gasteiger partial charge in [0.1, 0.15) is 5.82 Å². The Bertz CT molecular complexity index is 686. The van der Waals surface area contributed by atoms with E-state index in [9.17, 15) is 23.9 Å². The lowest BCUT2D eigenvalue weighted by Gasteiger charge is -2.23. The van der Waals surface area contributed by atoms with E-state index in [-0.39, 0.29) is 17.4 Å². The lowest BCUT2D eigenvalue weighted by molar-refractivity contribution is -0.148. The second-order valence-corrected chi connectivity index (χ2v) is 5.79. The Balaban J connectivity index is 1.63. The average Bonchev–Trinajstić information content (AvgIpc) is 3.13. The van der Waals surface area contributed by atoms with Gasteiger partial charge in [0.2, 0.25) is 5.91 Å². The molecule has 2 aliphatic rings. The molecule has 1 saturated carbocycles. The molecule has 2 aliphatic carbocycles. The van der Waals surface area contributed by atoms with Crippen molar-refractivity contribution in [1.29, 1.82) is 0 Å². The summed E-state index contributed by atoms with van der Waals surface area (Å²) in [4.78, 5) is 35.5. The first-order valence-electron chi connectivity index (χ1n) is 7.24. The topological polar surface area (TPSA) is 95.5 Å². The molecular formula is C16H15FN2O4. The monoisotopic (exact) mass is 318 g/mol. The third kappa shape index (κ3) is 2.81. The molecule has 2 amide bonds. The predicted octanol–water partition coefficient (Wildman–Crippen LogP) is 1.11. The van der Waals surface area contributed by atoms with Crippen LogP contribution in [0.5, 0.6) is 0 Å². The predicted molar refractivity (Wildman–Crippen MR) is 77.4 cm³/mol. The number of fused-ring (bicyclic) bond motifs is 2. The second kappa shape index (κ2) is 5.83. The SMILES string of the molecule is O=C(NNC(=O)[C@H]1[C@H](C(=O)O)[C@H]2C=C[C@H]1C2)c1ccc(F)cc1. The maximum Gasteiger partial charge on any atom is 0.307 e. The normalized spacial score (nSPS) is 27.7. The number of hydrogen-bond acceptors (Lipinski definition) is 3. The molecule has 6 nitrogen and oxygen atoms in total. The molecule has 1 aromatic rings. The maximum atomic E-state index is 12.8. The summed E-state index contributed by atoms with van der Waals surface area (Å²) >= 11 is 0. The first-order valence-corrected chi connectivity index (χ1v) is 7.24. The van der Waals surface area contributed by atoms with Gasteiger partial charge in [-0.25, -0.2) is 4.39 Å². The molecule has 120 valence electrons. The van der Waals surface area contributed by atoms with Gasteiger partial charge < -0.3 is 5.11 Å². The van der Waals surface area contributed by atoms with Gasteiger partial charge >= 0.3 is 5.97 Å². The highest BCUT2D eigenvalue weighted by Crippen LogP contribution is 2.48. The lowest BCUT2D eigenvalue weighted by Crippen LogP contribution is -2.48. The summed E-state index contributed by atoms with van der Waals surface area (Å²) in [6.45, 7) is 0. The number of rotatable bonds is 3. The fraction of sp³-hybridized carbons (Fsp3) is 0.312. The van der Waals surface area contributed by atoms with Crippen LogP contribution in [0, 0.1) is 29.5 Å². The molecule has 0 unspecified atom stereocenters. The molecule has 4 atom stereocenters. The van der Waals surface area contributed by atoms with Crippen LogP contribution in [0.2, 0.25) is 0 Å². The average molecular weight is 318 g/mol. The highest BCUT2D eigenvalue weighted by molar-refractivity contribution is 5.96. The van der Waals surface area contributed by atoms with Crippen molar-refractivity contribution in [3.05, 3.63) is 47.8 Å². The Morgan fingerprint density at radius 2 is 1.61 bits per heavy atom. The summed E-state index contributed by atoms with van der Waals surface area (Å²) in [5, 5.41) is 9.30. The molecule has 23 heavy (non-hydrogen) atoms. The number of carboxylic acids is 1. The van der Waals surface area contributed by atoms with Gasteiger partial charge in [0.15, 0.2) is 0 Å². The number of carbonyl (C=O) groups is 3. The summed E-state index contributed by atoms with van der Waals surface area (Å²) in [6, 6.07) is 4.85. The minimum Gasteiger partial charge on any atom is -0.481 e. The molecule has 7 heteroatoms. The number of nitrogens with one attached hydrogen (secondary N) is 2. The summed E-state index contributed by atoms with van der Waals surface area (Å²) in [5.41, 5.74) is 4.70. The number of halogens is 1. The van der Waals surface area contributed by atoms with Gasteiger partial charge in [-0.1, -0.05) is 12.2 Å². The van der Waals surface area contributed by atoms with Crippen LogP contribution in [0.4, 0.5) is 4.39 Å². The number of benzene rings is 1. The Labute approximate surface area is 131 Å². The van der Waals surface area contributed by atoms with E-state index in [1.165, 1.54) is 12.1 Å². The lowest BCUT2D eigenvalue weighted by atomic mass is 9.82. The van der Waals surface area contributed by atoms with Crippen molar-refractivity contribution in [3.63, 3.8) is 0 Å². The van der Waals surface area contributed by atoms with Crippen LogP contribution in [0.15, 0.2) is 36.4 Å². The fourth-order valence-corrected chi connectivity index (χ4v) is 3.39. The van der Waals surface area contributed by atoms with Crippen LogP contribution in [0.1, 0.15) is 16.8 Å². The number of allylic oxidation sites excluding steroid dienone is 2. The second-order valence-electron chi connectivity index (χ2n) is 5.79. The molecule has 1 aromatic carbocycles.